The zero-order valence-corrected chi connectivity index (χ0v) is 7.36. The number of hydrogen-bond acceptors (Lipinski definition) is 4. The van der Waals surface area contributed by atoms with Crippen LogP contribution in [0.2, 0.25) is 0 Å². The van der Waals surface area contributed by atoms with Gasteiger partial charge in [-0.25, -0.2) is 4.98 Å². The Morgan fingerprint density at radius 1 is 1.67 bits per heavy atom. The van der Waals surface area contributed by atoms with Crippen LogP contribution in [0.5, 0.6) is 0 Å². The molecule has 0 radical (unpaired) electrons. The van der Waals surface area contributed by atoms with Crippen LogP contribution in [0.25, 0.3) is 0 Å². The molecule has 2 N–H and O–H groups in total. The van der Waals surface area contributed by atoms with Gasteiger partial charge >= 0.3 is 0 Å². The van der Waals surface area contributed by atoms with E-state index in [-0.39, 0.29) is 12.1 Å². The Labute approximate surface area is 71.4 Å². The lowest BCUT2D eigenvalue weighted by Crippen LogP contribution is -2.47. The predicted molar refractivity (Wildman–Crippen MR) is 44.6 cm³/mol. The number of likely N-dealkylation sites (N-methyl/N-ethyl adjacent to an activating group) is 1. The minimum atomic E-state index is -0.326. The number of aliphatic hydroxyl groups excluding tert-OH is 1. The van der Waals surface area contributed by atoms with Gasteiger partial charge in [0.1, 0.15) is 12.7 Å². The number of aliphatic hydroxyl groups is 1. The molecule has 0 aliphatic heterocycles. The standard InChI is InChI=1S/C7H14N4O/c1-7(4-12,8-2)3-11-6-9-5-10-11/h5-6,8,12H,3-4H2,1-2H3. The number of hydrogen-bond donors (Lipinski definition) is 2. The van der Waals surface area contributed by atoms with Crippen molar-refractivity contribution in [3.63, 3.8) is 0 Å². The maximum atomic E-state index is 9.06. The smallest absolute Gasteiger partial charge is 0.137 e. The van der Waals surface area contributed by atoms with E-state index in [0.29, 0.717) is 6.54 Å². The van der Waals surface area contributed by atoms with Gasteiger partial charge in [0.2, 0.25) is 0 Å². The number of nitrogens with zero attached hydrogens (tertiary/aromatic N) is 3. The third-order valence-corrected chi connectivity index (χ3v) is 1.93. The second-order valence-corrected chi connectivity index (χ2v) is 3.06. The highest BCUT2D eigenvalue weighted by Gasteiger charge is 2.21. The van der Waals surface area contributed by atoms with E-state index in [0.717, 1.165) is 0 Å². The lowest BCUT2D eigenvalue weighted by Gasteiger charge is -2.26. The highest BCUT2D eigenvalue weighted by molar-refractivity contribution is 4.80. The molecule has 0 fully saturated rings. The molecule has 1 aromatic rings. The molecule has 1 unspecified atom stereocenters. The molecule has 0 bridgehead atoms. The van der Waals surface area contributed by atoms with E-state index < -0.39 is 0 Å². The van der Waals surface area contributed by atoms with E-state index >= 15 is 0 Å². The summed E-state index contributed by atoms with van der Waals surface area (Å²) in [6, 6.07) is 0. The fourth-order valence-electron chi connectivity index (χ4n) is 0.880. The molecule has 1 aromatic heterocycles. The lowest BCUT2D eigenvalue weighted by atomic mass is 10.1. The van der Waals surface area contributed by atoms with Crippen molar-refractivity contribution in [2.75, 3.05) is 13.7 Å². The molecule has 1 rings (SSSR count). The first-order valence-corrected chi connectivity index (χ1v) is 3.82. The van der Waals surface area contributed by atoms with Gasteiger partial charge in [-0.05, 0) is 14.0 Å². The summed E-state index contributed by atoms with van der Waals surface area (Å²) in [4.78, 5) is 3.82. The Hall–Kier alpha value is -0.940. The Morgan fingerprint density at radius 3 is 2.83 bits per heavy atom. The van der Waals surface area contributed by atoms with Crippen molar-refractivity contribution in [3.8, 4) is 0 Å². The largest absolute Gasteiger partial charge is 0.394 e. The van der Waals surface area contributed by atoms with Gasteiger partial charge in [-0.2, -0.15) is 5.10 Å². The van der Waals surface area contributed by atoms with Crippen LogP contribution in [0.4, 0.5) is 0 Å². The van der Waals surface area contributed by atoms with Crippen LogP contribution < -0.4 is 5.32 Å². The molecule has 5 nitrogen and oxygen atoms in total. The SMILES string of the molecule is CNC(C)(CO)Cn1cncn1. The van der Waals surface area contributed by atoms with Gasteiger partial charge in [0.15, 0.2) is 0 Å². The minimum Gasteiger partial charge on any atom is -0.394 e. The first-order valence-electron chi connectivity index (χ1n) is 3.82. The van der Waals surface area contributed by atoms with Crippen molar-refractivity contribution in [1.82, 2.24) is 20.1 Å². The third-order valence-electron chi connectivity index (χ3n) is 1.93. The fraction of sp³-hybridized carbons (Fsp3) is 0.714. The van der Waals surface area contributed by atoms with E-state index in [1.54, 1.807) is 11.0 Å². The van der Waals surface area contributed by atoms with Gasteiger partial charge in [0.25, 0.3) is 0 Å². The van der Waals surface area contributed by atoms with E-state index in [9.17, 15) is 0 Å². The summed E-state index contributed by atoms with van der Waals surface area (Å²) in [7, 11) is 1.81. The summed E-state index contributed by atoms with van der Waals surface area (Å²) in [5, 5.41) is 16.0. The molecule has 0 saturated carbocycles. The molecular formula is C7H14N4O. The van der Waals surface area contributed by atoms with Crippen molar-refractivity contribution < 1.29 is 5.11 Å². The van der Waals surface area contributed by atoms with Gasteiger partial charge in [-0.15, -0.1) is 0 Å². The number of nitrogens with one attached hydrogen (secondary N) is 1. The molecule has 1 atom stereocenters. The summed E-state index contributed by atoms with van der Waals surface area (Å²) in [6.07, 6.45) is 3.11. The molecule has 0 spiro atoms. The summed E-state index contributed by atoms with van der Waals surface area (Å²) in [5.41, 5.74) is -0.326. The Bertz CT molecular complexity index is 217. The van der Waals surface area contributed by atoms with Crippen LogP contribution in [0, 0.1) is 0 Å². The highest BCUT2D eigenvalue weighted by atomic mass is 16.3. The number of rotatable bonds is 4. The summed E-state index contributed by atoms with van der Waals surface area (Å²) in [6.45, 7) is 2.61. The van der Waals surface area contributed by atoms with Crippen molar-refractivity contribution in [1.29, 1.82) is 0 Å². The zero-order valence-electron chi connectivity index (χ0n) is 7.36. The van der Waals surface area contributed by atoms with Crippen molar-refractivity contribution >= 4 is 0 Å². The molecule has 0 aromatic carbocycles. The van der Waals surface area contributed by atoms with E-state index in [4.69, 9.17) is 5.11 Å². The summed E-state index contributed by atoms with van der Waals surface area (Å²) < 4.78 is 1.69. The highest BCUT2D eigenvalue weighted by Crippen LogP contribution is 2.03. The summed E-state index contributed by atoms with van der Waals surface area (Å²) >= 11 is 0. The average Bonchev–Trinajstić information content (AvgIpc) is 2.57. The normalized spacial score (nSPS) is 15.9. The Morgan fingerprint density at radius 2 is 2.42 bits per heavy atom. The summed E-state index contributed by atoms with van der Waals surface area (Å²) in [5.74, 6) is 0. The second-order valence-electron chi connectivity index (χ2n) is 3.06. The van der Waals surface area contributed by atoms with Gasteiger partial charge in [0, 0.05) is 0 Å². The van der Waals surface area contributed by atoms with E-state index in [1.165, 1.54) is 6.33 Å². The maximum Gasteiger partial charge on any atom is 0.137 e. The van der Waals surface area contributed by atoms with Crippen molar-refractivity contribution in [2.45, 2.75) is 19.0 Å². The Kier molecular flexibility index (Phi) is 2.78. The monoisotopic (exact) mass is 170 g/mol. The topological polar surface area (TPSA) is 63.0 Å². The van der Waals surface area contributed by atoms with E-state index in [2.05, 4.69) is 15.4 Å². The second kappa shape index (κ2) is 3.64. The predicted octanol–water partition coefficient (Wildman–Crippen LogP) is -0.752. The van der Waals surface area contributed by atoms with Crippen LogP contribution in [0.3, 0.4) is 0 Å². The van der Waals surface area contributed by atoms with Crippen LogP contribution in [-0.2, 0) is 6.54 Å². The fourth-order valence-corrected chi connectivity index (χ4v) is 0.880. The molecule has 68 valence electrons. The number of aromatic nitrogens is 3. The minimum absolute atomic E-state index is 0.0728. The molecule has 5 heteroatoms. The average molecular weight is 170 g/mol. The lowest BCUT2D eigenvalue weighted by molar-refractivity contribution is 0.161. The van der Waals surface area contributed by atoms with Crippen LogP contribution >= 0.6 is 0 Å². The van der Waals surface area contributed by atoms with Crippen LogP contribution in [0.1, 0.15) is 6.92 Å². The molecule has 0 saturated heterocycles. The van der Waals surface area contributed by atoms with Gasteiger partial charge < -0.3 is 10.4 Å². The zero-order chi connectivity index (χ0) is 9.03. The van der Waals surface area contributed by atoms with Gasteiger partial charge in [-0.3, -0.25) is 4.68 Å². The molecule has 0 amide bonds. The van der Waals surface area contributed by atoms with Crippen molar-refractivity contribution in [2.24, 2.45) is 0 Å². The van der Waals surface area contributed by atoms with Gasteiger partial charge in [-0.1, -0.05) is 0 Å². The third kappa shape index (κ3) is 2.02. The van der Waals surface area contributed by atoms with Crippen LogP contribution in [-0.4, -0.2) is 39.1 Å². The molecular weight excluding hydrogens is 156 g/mol. The maximum absolute atomic E-state index is 9.06. The molecule has 12 heavy (non-hydrogen) atoms. The molecule has 1 heterocycles. The Balaban J connectivity index is 2.60. The van der Waals surface area contributed by atoms with Crippen LogP contribution in [0.15, 0.2) is 12.7 Å². The molecule has 0 aliphatic carbocycles. The molecule has 0 aliphatic rings. The first-order chi connectivity index (χ1) is 5.70. The quantitative estimate of drug-likeness (QED) is 0.624. The van der Waals surface area contributed by atoms with E-state index in [1.807, 2.05) is 14.0 Å². The van der Waals surface area contributed by atoms with Gasteiger partial charge in [0.05, 0.1) is 18.7 Å². The van der Waals surface area contributed by atoms with Crippen molar-refractivity contribution in [3.05, 3.63) is 12.7 Å². The first kappa shape index (κ1) is 9.15.